The van der Waals surface area contributed by atoms with Crippen LogP contribution in [0.4, 0.5) is 21.5 Å². The van der Waals surface area contributed by atoms with Gasteiger partial charge >= 0.3 is 0 Å². The van der Waals surface area contributed by atoms with Crippen molar-refractivity contribution < 1.29 is 12.8 Å². The highest BCUT2D eigenvalue weighted by molar-refractivity contribution is 7.92. The Balaban J connectivity index is 1.74. The van der Waals surface area contributed by atoms with Crippen molar-refractivity contribution in [2.45, 2.75) is 11.8 Å². The molecule has 9 heteroatoms. The maximum atomic E-state index is 13.7. The van der Waals surface area contributed by atoms with Crippen molar-refractivity contribution in [3.63, 3.8) is 0 Å². The number of nitrogens with one attached hydrogen (secondary N) is 3. The molecule has 0 aromatic heterocycles. The Morgan fingerprint density at radius 1 is 0.966 bits per heavy atom. The van der Waals surface area contributed by atoms with Crippen LogP contribution in [0, 0.1) is 12.7 Å². The highest BCUT2D eigenvalue weighted by Gasteiger charge is 2.16. The van der Waals surface area contributed by atoms with Gasteiger partial charge in [0.15, 0.2) is 5.11 Å². The van der Waals surface area contributed by atoms with Crippen LogP contribution in [0.15, 0.2) is 71.6 Å². The molecule has 0 aliphatic carbocycles. The number of benzene rings is 3. The molecular formula is C20H17ClFN3O2S2. The highest BCUT2D eigenvalue weighted by Crippen LogP contribution is 2.25. The van der Waals surface area contributed by atoms with Gasteiger partial charge in [0.05, 0.1) is 15.6 Å². The third kappa shape index (κ3) is 5.44. The number of anilines is 3. The van der Waals surface area contributed by atoms with Gasteiger partial charge in [0.25, 0.3) is 10.0 Å². The van der Waals surface area contributed by atoms with Gasteiger partial charge in [0, 0.05) is 11.4 Å². The molecule has 0 heterocycles. The van der Waals surface area contributed by atoms with E-state index in [9.17, 15) is 12.8 Å². The van der Waals surface area contributed by atoms with Gasteiger partial charge in [-0.3, -0.25) is 4.72 Å². The molecule has 0 saturated heterocycles. The van der Waals surface area contributed by atoms with E-state index >= 15 is 0 Å². The summed E-state index contributed by atoms with van der Waals surface area (Å²) in [5.74, 6) is -0.350. The van der Waals surface area contributed by atoms with E-state index in [0.717, 1.165) is 0 Å². The van der Waals surface area contributed by atoms with E-state index in [1.165, 1.54) is 18.2 Å². The van der Waals surface area contributed by atoms with E-state index in [-0.39, 0.29) is 21.5 Å². The summed E-state index contributed by atoms with van der Waals surface area (Å²) in [5.41, 5.74) is 1.75. The van der Waals surface area contributed by atoms with E-state index in [4.69, 9.17) is 23.8 Å². The topological polar surface area (TPSA) is 70.2 Å². The Hall–Kier alpha value is -2.68. The molecule has 0 bridgehead atoms. The minimum Gasteiger partial charge on any atom is -0.332 e. The first-order valence-corrected chi connectivity index (χ1v) is 10.7. The van der Waals surface area contributed by atoms with Gasteiger partial charge in [-0.05, 0) is 67.2 Å². The number of aryl methyl sites for hydroxylation is 1. The van der Waals surface area contributed by atoms with Crippen LogP contribution < -0.4 is 15.4 Å². The lowest BCUT2D eigenvalue weighted by Gasteiger charge is -2.13. The summed E-state index contributed by atoms with van der Waals surface area (Å²) in [6.45, 7) is 1.66. The standard InChI is InChI=1S/C20H17ClFN3O2S2/c1-13-9-10-15(12-18(13)22)24-20(28)23-14-5-4-6-16(11-14)29(26,27)25-19-8-3-2-7-17(19)21/h2-12,25H,1H3,(H2,23,24,28). The Morgan fingerprint density at radius 2 is 1.66 bits per heavy atom. The van der Waals surface area contributed by atoms with Gasteiger partial charge in [-0.15, -0.1) is 0 Å². The van der Waals surface area contributed by atoms with Gasteiger partial charge in [0.1, 0.15) is 5.82 Å². The molecule has 0 amide bonds. The molecule has 0 aliphatic rings. The molecule has 29 heavy (non-hydrogen) atoms. The Bertz CT molecular complexity index is 1170. The van der Waals surface area contributed by atoms with Crippen LogP contribution in [0.2, 0.25) is 5.02 Å². The maximum absolute atomic E-state index is 13.7. The van der Waals surface area contributed by atoms with E-state index < -0.39 is 10.0 Å². The van der Waals surface area contributed by atoms with Gasteiger partial charge in [0.2, 0.25) is 0 Å². The summed E-state index contributed by atoms with van der Waals surface area (Å²) >= 11 is 11.3. The summed E-state index contributed by atoms with van der Waals surface area (Å²) in [6.07, 6.45) is 0. The minimum absolute atomic E-state index is 0.0339. The second kappa shape index (κ2) is 8.77. The van der Waals surface area contributed by atoms with Crippen LogP contribution in [-0.2, 0) is 10.0 Å². The summed E-state index contributed by atoms with van der Waals surface area (Å²) in [5, 5.41) is 6.24. The van der Waals surface area contributed by atoms with Crippen molar-refractivity contribution in [1.82, 2.24) is 0 Å². The molecule has 150 valence electrons. The zero-order chi connectivity index (χ0) is 21.0. The summed E-state index contributed by atoms with van der Waals surface area (Å²) in [6, 6.07) is 17.3. The Morgan fingerprint density at radius 3 is 2.34 bits per heavy atom. The third-order valence-electron chi connectivity index (χ3n) is 3.95. The smallest absolute Gasteiger partial charge is 0.262 e. The molecule has 0 spiro atoms. The normalized spacial score (nSPS) is 11.0. The lowest BCUT2D eigenvalue weighted by Crippen LogP contribution is -2.20. The van der Waals surface area contributed by atoms with E-state index in [1.807, 2.05) is 0 Å². The SMILES string of the molecule is Cc1ccc(NC(=S)Nc2cccc(S(=O)(=O)Nc3ccccc3Cl)c2)cc1F. The average Bonchev–Trinajstić information content (AvgIpc) is 2.66. The zero-order valence-electron chi connectivity index (χ0n) is 15.2. The monoisotopic (exact) mass is 449 g/mol. The molecule has 0 saturated carbocycles. The van der Waals surface area contributed by atoms with Gasteiger partial charge in [-0.25, -0.2) is 12.8 Å². The van der Waals surface area contributed by atoms with E-state index in [1.54, 1.807) is 55.5 Å². The average molecular weight is 450 g/mol. The van der Waals surface area contributed by atoms with Gasteiger partial charge in [-0.2, -0.15) is 0 Å². The number of para-hydroxylation sites is 1. The minimum atomic E-state index is -3.85. The number of halogens is 2. The molecule has 3 rings (SSSR count). The fourth-order valence-corrected chi connectivity index (χ4v) is 4.05. The molecule has 0 unspecified atom stereocenters. The number of sulfonamides is 1. The maximum Gasteiger partial charge on any atom is 0.262 e. The van der Waals surface area contributed by atoms with Crippen molar-refractivity contribution in [3.8, 4) is 0 Å². The second-order valence-electron chi connectivity index (χ2n) is 6.16. The molecule has 3 aromatic carbocycles. The largest absolute Gasteiger partial charge is 0.332 e. The molecule has 3 aromatic rings. The highest BCUT2D eigenvalue weighted by atomic mass is 35.5. The third-order valence-corrected chi connectivity index (χ3v) is 5.85. The van der Waals surface area contributed by atoms with Crippen molar-refractivity contribution >= 4 is 56.0 Å². The molecule has 3 N–H and O–H groups in total. The molecule has 0 radical (unpaired) electrons. The van der Waals surface area contributed by atoms with Crippen LogP contribution in [0.5, 0.6) is 0 Å². The first-order chi connectivity index (χ1) is 13.7. The first kappa shape index (κ1) is 21.0. The van der Waals surface area contributed by atoms with E-state index in [2.05, 4.69) is 15.4 Å². The van der Waals surface area contributed by atoms with Crippen molar-refractivity contribution in [1.29, 1.82) is 0 Å². The van der Waals surface area contributed by atoms with E-state index in [0.29, 0.717) is 22.0 Å². The van der Waals surface area contributed by atoms with Crippen LogP contribution in [0.1, 0.15) is 5.56 Å². The molecule has 0 fully saturated rings. The van der Waals surface area contributed by atoms with Crippen molar-refractivity contribution in [2.24, 2.45) is 0 Å². The quantitative estimate of drug-likeness (QED) is 0.455. The lowest BCUT2D eigenvalue weighted by molar-refractivity contribution is 0.601. The first-order valence-electron chi connectivity index (χ1n) is 8.46. The fourth-order valence-electron chi connectivity index (χ4n) is 2.45. The summed E-state index contributed by atoms with van der Waals surface area (Å²) in [4.78, 5) is 0.0339. The van der Waals surface area contributed by atoms with Gasteiger partial charge < -0.3 is 10.6 Å². The summed E-state index contributed by atoms with van der Waals surface area (Å²) < 4.78 is 41.4. The van der Waals surface area contributed by atoms with Gasteiger partial charge in [-0.1, -0.05) is 35.9 Å². The van der Waals surface area contributed by atoms with Crippen LogP contribution in [0.25, 0.3) is 0 Å². The molecule has 0 aliphatic heterocycles. The molecule has 5 nitrogen and oxygen atoms in total. The lowest BCUT2D eigenvalue weighted by atomic mass is 10.2. The number of hydrogen-bond donors (Lipinski definition) is 3. The molecular weight excluding hydrogens is 433 g/mol. The fraction of sp³-hybridized carbons (Fsp3) is 0.0500. The van der Waals surface area contributed by atoms with Crippen LogP contribution in [0.3, 0.4) is 0 Å². The summed E-state index contributed by atoms with van der Waals surface area (Å²) in [7, 11) is -3.85. The predicted octanol–water partition coefficient (Wildman–Crippen LogP) is 5.40. The second-order valence-corrected chi connectivity index (χ2v) is 8.65. The van der Waals surface area contributed by atoms with Crippen LogP contribution in [-0.4, -0.2) is 13.5 Å². The number of rotatable bonds is 5. The van der Waals surface area contributed by atoms with Crippen molar-refractivity contribution in [2.75, 3.05) is 15.4 Å². The zero-order valence-corrected chi connectivity index (χ0v) is 17.6. The van der Waals surface area contributed by atoms with Crippen LogP contribution >= 0.6 is 23.8 Å². The molecule has 0 atom stereocenters. The Labute approximate surface area is 179 Å². The Kier molecular flexibility index (Phi) is 6.36. The van der Waals surface area contributed by atoms with Crippen molar-refractivity contribution in [3.05, 3.63) is 83.1 Å². The predicted molar refractivity (Wildman–Crippen MR) is 120 cm³/mol. The number of hydrogen-bond acceptors (Lipinski definition) is 3. The number of thiocarbonyl (C=S) groups is 1.